The van der Waals surface area contributed by atoms with Gasteiger partial charge in [-0.3, -0.25) is 9.59 Å². The normalized spacial score (nSPS) is 10.0. The van der Waals surface area contributed by atoms with E-state index in [1.807, 2.05) is 37.3 Å². The molecule has 108 valence electrons. The number of carbonyl (C=O) groups is 2. The highest BCUT2D eigenvalue weighted by atomic mass is 16.2. The molecule has 0 bridgehead atoms. The van der Waals surface area contributed by atoms with Crippen LogP contribution in [0, 0.1) is 6.92 Å². The maximum Gasteiger partial charge on any atom is 0.254 e. The minimum atomic E-state index is -0.212. The third-order valence-corrected chi connectivity index (χ3v) is 3.17. The summed E-state index contributed by atoms with van der Waals surface area (Å²) in [6.07, 6.45) is 0. The lowest BCUT2D eigenvalue weighted by molar-refractivity contribution is -0.116. The number of nitrogens with one attached hydrogen (secondary N) is 1. The lowest BCUT2D eigenvalue weighted by atomic mass is 10.2. The van der Waals surface area contributed by atoms with Gasteiger partial charge in [-0.05, 0) is 30.7 Å². The van der Waals surface area contributed by atoms with Crippen molar-refractivity contribution < 1.29 is 9.59 Å². The molecule has 0 saturated carbocycles. The lowest BCUT2D eigenvalue weighted by Gasteiger charge is -2.17. The molecule has 0 heterocycles. The lowest BCUT2D eigenvalue weighted by Crippen LogP contribution is -2.35. The minimum absolute atomic E-state index is 0.0159. The van der Waals surface area contributed by atoms with Crippen molar-refractivity contribution in [2.24, 2.45) is 0 Å². The van der Waals surface area contributed by atoms with Gasteiger partial charge in [0.05, 0.1) is 6.54 Å². The van der Waals surface area contributed by atoms with Crippen molar-refractivity contribution in [2.75, 3.05) is 18.9 Å². The molecule has 2 aromatic carbocycles. The molecule has 2 rings (SSSR count). The van der Waals surface area contributed by atoms with E-state index in [2.05, 4.69) is 5.32 Å². The van der Waals surface area contributed by atoms with Gasteiger partial charge >= 0.3 is 0 Å². The number of hydrogen-bond donors (Lipinski definition) is 1. The van der Waals surface area contributed by atoms with Crippen molar-refractivity contribution in [3.8, 4) is 0 Å². The number of carbonyl (C=O) groups excluding carboxylic acids is 2. The molecule has 4 nitrogen and oxygen atoms in total. The van der Waals surface area contributed by atoms with E-state index in [1.54, 1.807) is 31.3 Å². The molecule has 0 radical (unpaired) electrons. The molecule has 21 heavy (non-hydrogen) atoms. The van der Waals surface area contributed by atoms with Crippen molar-refractivity contribution in [1.82, 2.24) is 4.90 Å². The Kier molecular flexibility index (Phi) is 4.72. The molecule has 0 atom stereocenters. The van der Waals surface area contributed by atoms with Gasteiger partial charge in [-0.2, -0.15) is 0 Å². The summed E-state index contributed by atoms with van der Waals surface area (Å²) >= 11 is 0. The average molecular weight is 282 g/mol. The van der Waals surface area contributed by atoms with Crippen LogP contribution in [-0.4, -0.2) is 30.3 Å². The monoisotopic (exact) mass is 282 g/mol. The molecule has 1 N–H and O–H groups in total. The topological polar surface area (TPSA) is 49.4 Å². The molecule has 0 spiro atoms. The van der Waals surface area contributed by atoms with E-state index in [1.165, 1.54) is 4.90 Å². The predicted octanol–water partition coefficient (Wildman–Crippen LogP) is 2.71. The van der Waals surface area contributed by atoms with E-state index >= 15 is 0 Å². The van der Waals surface area contributed by atoms with Crippen molar-refractivity contribution in [3.05, 3.63) is 65.7 Å². The van der Waals surface area contributed by atoms with Crippen molar-refractivity contribution in [2.45, 2.75) is 6.92 Å². The molecule has 0 aliphatic carbocycles. The fourth-order valence-electron chi connectivity index (χ4n) is 1.99. The van der Waals surface area contributed by atoms with Crippen LogP contribution in [-0.2, 0) is 4.79 Å². The van der Waals surface area contributed by atoms with Gasteiger partial charge < -0.3 is 10.2 Å². The average Bonchev–Trinajstić information content (AvgIpc) is 2.49. The molecule has 0 aliphatic heterocycles. The van der Waals surface area contributed by atoms with Gasteiger partial charge in [0, 0.05) is 18.3 Å². The summed E-state index contributed by atoms with van der Waals surface area (Å²) in [5.41, 5.74) is 2.33. The second-order valence-electron chi connectivity index (χ2n) is 4.89. The molecule has 0 fully saturated rings. The Balaban J connectivity index is 1.97. The molecule has 0 saturated heterocycles. The number of nitrogens with zero attached hydrogens (tertiary/aromatic N) is 1. The van der Waals surface area contributed by atoms with Gasteiger partial charge in [-0.1, -0.05) is 36.4 Å². The zero-order chi connectivity index (χ0) is 15.2. The van der Waals surface area contributed by atoms with Crippen LogP contribution in [0.3, 0.4) is 0 Å². The molecular formula is C17H18N2O2. The highest BCUT2D eigenvalue weighted by molar-refractivity contribution is 5.99. The largest absolute Gasteiger partial charge is 0.332 e. The van der Waals surface area contributed by atoms with Crippen LogP contribution >= 0.6 is 0 Å². The van der Waals surface area contributed by atoms with Crippen LogP contribution in [0.15, 0.2) is 54.6 Å². The van der Waals surface area contributed by atoms with Gasteiger partial charge in [-0.15, -0.1) is 0 Å². The van der Waals surface area contributed by atoms with E-state index in [4.69, 9.17) is 0 Å². The number of amides is 2. The van der Waals surface area contributed by atoms with Crippen molar-refractivity contribution in [1.29, 1.82) is 0 Å². The second kappa shape index (κ2) is 6.70. The first kappa shape index (κ1) is 14.8. The third kappa shape index (κ3) is 3.92. The van der Waals surface area contributed by atoms with Crippen LogP contribution in [0.25, 0.3) is 0 Å². The predicted molar refractivity (Wildman–Crippen MR) is 83.2 cm³/mol. The minimum Gasteiger partial charge on any atom is -0.332 e. The summed E-state index contributed by atoms with van der Waals surface area (Å²) in [6, 6.07) is 16.5. The van der Waals surface area contributed by atoms with Gasteiger partial charge in [0.25, 0.3) is 5.91 Å². The van der Waals surface area contributed by atoms with Crippen LogP contribution < -0.4 is 5.32 Å². The van der Waals surface area contributed by atoms with Crippen LogP contribution in [0.5, 0.6) is 0 Å². The number of aryl methyl sites for hydroxylation is 1. The standard InChI is InChI=1S/C17H18N2O2/c1-13-8-6-7-11-15(13)18-16(20)12-19(2)17(21)14-9-4-3-5-10-14/h3-11H,12H2,1-2H3,(H,18,20). The quantitative estimate of drug-likeness (QED) is 0.937. The van der Waals surface area contributed by atoms with Crippen LogP contribution in [0.2, 0.25) is 0 Å². The molecule has 0 aliphatic rings. The third-order valence-electron chi connectivity index (χ3n) is 3.17. The number of benzene rings is 2. The number of likely N-dealkylation sites (N-methyl/N-ethyl adjacent to an activating group) is 1. The Morgan fingerprint density at radius 1 is 1.00 bits per heavy atom. The summed E-state index contributed by atoms with van der Waals surface area (Å²) in [5, 5.41) is 2.81. The van der Waals surface area contributed by atoms with Gasteiger partial charge in [0.1, 0.15) is 0 Å². The van der Waals surface area contributed by atoms with E-state index in [-0.39, 0.29) is 18.4 Å². The van der Waals surface area contributed by atoms with E-state index in [0.717, 1.165) is 11.3 Å². The fourth-order valence-corrected chi connectivity index (χ4v) is 1.99. The number of hydrogen-bond acceptors (Lipinski definition) is 2. The van der Waals surface area contributed by atoms with Gasteiger partial charge in [-0.25, -0.2) is 0 Å². The molecule has 2 aromatic rings. The Morgan fingerprint density at radius 3 is 2.29 bits per heavy atom. The summed E-state index contributed by atoms with van der Waals surface area (Å²) in [6.45, 7) is 1.94. The first-order valence-corrected chi connectivity index (χ1v) is 6.74. The molecule has 0 aromatic heterocycles. The van der Waals surface area contributed by atoms with Gasteiger partial charge in [0.2, 0.25) is 5.91 Å². The zero-order valence-electron chi connectivity index (χ0n) is 12.2. The van der Waals surface area contributed by atoms with Crippen LogP contribution in [0.4, 0.5) is 5.69 Å². The Bertz CT molecular complexity index is 638. The van der Waals surface area contributed by atoms with E-state index < -0.39 is 0 Å². The smallest absolute Gasteiger partial charge is 0.254 e. The highest BCUT2D eigenvalue weighted by Gasteiger charge is 2.14. The summed E-state index contributed by atoms with van der Waals surface area (Å²) in [7, 11) is 1.62. The maximum atomic E-state index is 12.1. The molecule has 0 unspecified atom stereocenters. The Labute approximate surface area is 124 Å². The Morgan fingerprint density at radius 2 is 1.62 bits per heavy atom. The first-order valence-electron chi connectivity index (χ1n) is 6.74. The maximum absolute atomic E-state index is 12.1. The first-order chi connectivity index (χ1) is 10.1. The van der Waals surface area contributed by atoms with Crippen molar-refractivity contribution in [3.63, 3.8) is 0 Å². The second-order valence-corrected chi connectivity index (χ2v) is 4.89. The number of para-hydroxylation sites is 1. The molecule has 4 heteroatoms. The van der Waals surface area contributed by atoms with Crippen molar-refractivity contribution >= 4 is 17.5 Å². The SMILES string of the molecule is Cc1ccccc1NC(=O)CN(C)C(=O)c1ccccc1. The number of rotatable bonds is 4. The highest BCUT2D eigenvalue weighted by Crippen LogP contribution is 2.13. The molecule has 2 amide bonds. The molecular weight excluding hydrogens is 264 g/mol. The number of anilines is 1. The fraction of sp³-hybridized carbons (Fsp3) is 0.176. The Hall–Kier alpha value is -2.62. The van der Waals surface area contributed by atoms with E-state index in [0.29, 0.717) is 5.56 Å². The summed E-state index contributed by atoms with van der Waals surface area (Å²) < 4.78 is 0. The zero-order valence-corrected chi connectivity index (χ0v) is 12.2. The summed E-state index contributed by atoms with van der Waals surface area (Å²) in [5.74, 6) is -0.383. The summed E-state index contributed by atoms with van der Waals surface area (Å²) in [4.78, 5) is 25.6. The van der Waals surface area contributed by atoms with Crippen LogP contribution in [0.1, 0.15) is 15.9 Å². The van der Waals surface area contributed by atoms with Gasteiger partial charge in [0.15, 0.2) is 0 Å². The van der Waals surface area contributed by atoms with E-state index in [9.17, 15) is 9.59 Å².